The second-order valence-electron chi connectivity index (χ2n) is 13.7. The lowest BCUT2D eigenvalue weighted by Gasteiger charge is -2.10. The van der Waals surface area contributed by atoms with Gasteiger partial charge >= 0.3 is 0 Å². The maximum absolute atomic E-state index is 2.46. The highest BCUT2D eigenvalue weighted by Gasteiger charge is 2.18. The highest BCUT2D eigenvalue weighted by Crippen LogP contribution is 2.46. The molecule has 12 rings (SSSR count). The summed E-state index contributed by atoms with van der Waals surface area (Å²) < 4.78 is 10.2. The van der Waals surface area contributed by atoms with E-state index in [2.05, 4.69) is 179 Å². The van der Waals surface area contributed by atoms with Gasteiger partial charge < -0.3 is 9.13 Å². The molecule has 2 nitrogen and oxygen atoms in total. The van der Waals surface area contributed by atoms with Crippen LogP contribution in [0.5, 0.6) is 0 Å². The molecule has 0 aliphatic rings. The van der Waals surface area contributed by atoms with E-state index in [1.54, 1.807) is 0 Å². The number of aromatic nitrogens is 2. The number of rotatable bonds is 3. The predicted octanol–water partition coefficient (Wildman–Crippen LogP) is 14.3. The highest BCUT2D eigenvalue weighted by atomic mass is 32.1. The first-order valence-electron chi connectivity index (χ1n) is 17.7. The van der Waals surface area contributed by atoms with E-state index in [4.69, 9.17) is 0 Å². The van der Waals surface area contributed by atoms with Gasteiger partial charge in [-0.25, -0.2) is 0 Å². The molecule has 4 aromatic heterocycles. The average molecular weight is 697 g/mol. The second kappa shape index (κ2) is 10.7. The summed E-state index contributed by atoms with van der Waals surface area (Å²) >= 11 is 3.79. The minimum absolute atomic E-state index is 1.18. The van der Waals surface area contributed by atoms with Crippen LogP contribution < -0.4 is 0 Å². The number of hydrogen-bond donors (Lipinski definition) is 0. The summed E-state index contributed by atoms with van der Waals surface area (Å²) in [4.78, 5) is 0. The summed E-state index contributed by atoms with van der Waals surface area (Å²) in [6.45, 7) is 0. The third-order valence-electron chi connectivity index (χ3n) is 10.9. The minimum Gasteiger partial charge on any atom is -0.309 e. The van der Waals surface area contributed by atoms with E-state index in [1.807, 2.05) is 22.7 Å². The number of hydrogen-bond acceptors (Lipinski definition) is 2. The third kappa shape index (κ3) is 3.93. The maximum atomic E-state index is 2.46. The van der Waals surface area contributed by atoms with Crippen LogP contribution in [0.3, 0.4) is 0 Å². The zero-order chi connectivity index (χ0) is 33.9. The Labute approximate surface area is 306 Å². The smallest absolute Gasteiger partial charge is 0.0541 e. The van der Waals surface area contributed by atoms with Gasteiger partial charge in [-0.05, 0) is 96.1 Å². The van der Waals surface area contributed by atoms with Crippen molar-refractivity contribution < 1.29 is 0 Å². The zero-order valence-corrected chi connectivity index (χ0v) is 29.5. The monoisotopic (exact) mass is 696 g/mol. The highest BCUT2D eigenvalue weighted by molar-refractivity contribution is 7.28. The van der Waals surface area contributed by atoms with E-state index < -0.39 is 0 Å². The van der Waals surface area contributed by atoms with E-state index in [0.29, 0.717) is 0 Å². The fourth-order valence-electron chi connectivity index (χ4n) is 8.65. The Hall–Kier alpha value is -6.20. The summed E-state index contributed by atoms with van der Waals surface area (Å²) in [5, 5.41) is 10.5. The van der Waals surface area contributed by atoms with Crippen LogP contribution in [0.25, 0.3) is 106 Å². The number of para-hydroxylation sites is 3. The molecule has 0 N–H and O–H groups in total. The van der Waals surface area contributed by atoms with Crippen LogP contribution in [0.15, 0.2) is 170 Å². The van der Waals surface area contributed by atoms with Crippen LogP contribution in [0.4, 0.5) is 0 Å². The maximum Gasteiger partial charge on any atom is 0.0541 e. The number of thiophene rings is 2. The molecular formula is C48H28N2S2. The molecule has 0 aliphatic heterocycles. The molecule has 4 heteroatoms. The van der Waals surface area contributed by atoms with E-state index in [0.717, 1.165) is 0 Å². The molecule has 0 radical (unpaired) electrons. The van der Waals surface area contributed by atoms with Gasteiger partial charge in [0.2, 0.25) is 0 Å². The average Bonchev–Trinajstić information content (AvgIpc) is 3.95. The van der Waals surface area contributed by atoms with E-state index in [-0.39, 0.29) is 0 Å². The molecule has 0 unspecified atom stereocenters. The molecule has 4 heterocycles. The minimum atomic E-state index is 1.18. The van der Waals surface area contributed by atoms with Crippen LogP contribution >= 0.6 is 22.7 Å². The molecule has 52 heavy (non-hydrogen) atoms. The molecule has 8 aromatic carbocycles. The molecule has 0 amide bonds. The van der Waals surface area contributed by atoms with Crippen molar-refractivity contribution in [3.63, 3.8) is 0 Å². The predicted molar refractivity (Wildman–Crippen MR) is 226 cm³/mol. The van der Waals surface area contributed by atoms with Gasteiger partial charge in [0.1, 0.15) is 0 Å². The topological polar surface area (TPSA) is 9.86 Å². The first kappa shape index (κ1) is 28.5. The summed E-state index contributed by atoms with van der Waals surface area (Å²) in [6, 6.07) is 62.8. The molecule has 0 fully saturated rings. The molecule has 0 saturated heterocycles. The standard InChI is InChI=1S/C48H28N2S2/c1-2-10-31(11-3-1)49-39-15-7-4-12-33(39)36-26-29(18-21-41(36)49)30-19-22-42-37(27-30)34-13-5-8-16-40(34)50(42)32-20-23-44-38(28-32)48-46(52-44)25-24-45-47(48)35-14-6-9-17-43(35)51-45/h1-28H. The Balaban J connectivity index is 1.06. The van der Waals surface area contributed by atoms with Gasteiger partial charge in [-0.1, -0.05) is 84.9 Å². The molecule has 0 atom stereocenters. The molecular weight excluding hydrogens is 669 g/mol. The van der Waals surface area contributed by atoms with Gasteiger partial charge in [0.15, 0.2) is 0 Å². The summed E-state index contributed by atoms with van der Waals surface area (Å²) in [7, 11) is 0. The third-order valence-corrected chi connectivity index (χ3v) is 13.2. The molecule has 242 valence electrons. The van der Waals surface area contributed by atoms with E-state index in [1.165, 1.54) is 106 Å². The Morgan fingerprint density at radius 1 is 0.288 bits per heavy atom. The summed E-state index contributed by atoms with van der Waals surface area (Å²) in [5.74, 6) is 0. The SMILES string of the molecule is c1ccc(-n2c3ccccc3c3cc(-c4ccc5c(c4)c4ccccc4n5-c4ccc5sc6ccc7sc8ccccc8c7c6c5c4)ccc32)cc1. The first-order valence-corrected chi connectivity index (χ1v) is 19.3. The van der Waals surface area contributed by atoms with Crippen molar-refractivity contribution in [3.8, 4) is 22.5 Å². The van der Waals surface area contributed by atoms with Crippen molar-refractivity contribution in [1.29, 1.82) is 0 Å². The van der Waals surface area contributed by atoms with Gasteiger partial charge in [-0.15, -0.1) is 22.7 Å². The number of nitrogens with zero attached hydrogens (tertiary/aromatic N) is 2. The molecule has 0 bridgehead atoms. The molecule has 12 aromatic rings. The lowest BCUT2D eigenvalue weighted by Crippen LogP contribution is -1.93. The Morgan fingerprint density at radius 3 is 1.42 bits per heavy atom. The fraction of sp³-hybridized carbons (Fsp3) is 0. The molecule has 0 saturated carbocycles. The summed E-state index contributed by atoms with van der Waals surface area (Å²) in [6.07, 6.45) is 0. The number of benzene rings is 8. The van der Waals surface area contributed by atoms with Gasteiger partial charge in [-0.2, -0.15) is 0 Å². The largest absolute Gasteiger partial charge is 0.309 e. The lowest BCUT2D eigenvalue weighted by atomic mass is 10.0. The van der Waals surface area contributed by atoms with Gasteiger partial charge in [0.05, 0.1) is 22.1 Å². The van der Waals surface area contributed by atoms with Crippen LogP contribution in [0.1, 0.15) is 0 Å². The Morgan fingerprint density at radius 2 is 0.769 bits per heavy atom. The lowest BCUT2D eigenvalue weighted by molar-refractivity contribution is 1.18. The van der Waals surface area contributed by atoms with Gasteiger partial charge in [0.25, 0.3) is 0 Å². The molecule has 0 aliphatic carbocycles. The first-order chi connectivity index (χ1) is 25.8. The van der Waals surface area contributed by atoms with Crippen molar-refractivity contribution in [2.24, 2.45) is 0 Å². The normalized spacial score (nSPS) is 12.2. The van der Waals surface area contributed by atoms with E-state index >= 15 is 0 Å². The Kier molecular flexibility index (Phi) is 5.84. The van der Waals surface area contributed by atoms with Crippen molar-refractivity contribution >= 4 is 107 Å². The van der Waals surface area contributed by atoms with Crippen molar-refractivity contribution in [3.05, 3.63) is 170 Å². The fourth-order valence-corrected chi connectivity index (χ4v) is 10.9. The zero-order valence-electron chi connectivity index (χ0n) is 27.9. The van der Waals surface area contributed by atoms with Crippen molar-refractivity contribution in [2.75, 3.05) is 0 Å². The van der Waals surface area contributed by atoms with Crippen LogP contribution in [0, 0.1) is 0 Å². The summed E-state index contributed by atoms with van der Waals surface area (Å²) in [5.41, 5.74) is 9.70. The van der Waals surface area contributed by atoms with Crippen LogP contribution in [-0.4, -0.2) is 9.13 Å². The number of fused-ring (bicyclic) bond motifs is 13. The molecule has 0 spiro atoms. The second-order valence-corrected chi connectivity index (χ2v) is 15.9. The van der Waals surface area contributed by atoms with Gasteiger partial charge in [-0.3, -0.25) is 0 Å². The van der Waals surface area contributed by atoms with Gasteiger partial charge in [0, 0.05) is 73.3 Å². The Bertz CT molecular complexity index is 3410. The van der Waals surface area contributed by atoms with Crippen LogP contribution in [-0.2, 0) is 0 Å². The van der Waals surface area contributed by atoms with Crippen molar-refractivity contribution in [2.45, 2.75) is 0 Å². The van der Waals surface area contributed by atoms with E-state index in [9.17, 15) is 0 Å². The quantitative estimate of drug-likeness (QED) is 0.174. The van der Waals surface area contributed by atoms with Crippen LogP contribution in [0.2, 0.25) is 0 Å². The van der Waals surface area contributed by atoms with Crippen molar-refractivity contribution in [1.82, 2.24) is 9.13 Å².